The van der Waals surface area contributed by atoms with Crippen molar-refractivity contribution in [2.24, 2.45) is 0 Å². The molecule has 123 valence electrons. The number of nitrogens with zero attached hydrogens (tertiary/aromatic N) is 2. The molecule has 2 aromatic rings. The van der Waals surface area contributed by atoms with Gasteiger partial charge in [-0.2, -0.15) is 0 Å². The molecule has 0 amide bonds. The van der Waals surface area contributed by atoms with E-state index in [0.717, 1.165) is 11.4 Å². The van der Waals surface area contributed by atoms with Crippen LogP contribution in [0.3, 0.4) is 0 Å². The lowest BCUT2D eigenvalue weighted by Crippen LogP contribution is -2.12. The molecule has 0 aliphatic heterocycles. The van der Waals surface area contributed by atoms with Gasteiger partial charge in [0.1, 0.15) is 0 Å². The predicted molar refractivity (Wildman–Crippen MR) is 95.1 cm³/mol. The summed E-state index contributed by atoms with van der Waals surface area (Å²) in [7, 11) is 0. The summed E-state index contributed by atoms with van der Waals surface area (Å²) in [5, 5.41) is 14.0. The first-order valence-corrected chi connectivity index (χ1v) is 7.63. The smallest absolute Gasteiger partial charge is 0.429 e. The molecular formula is C18H26BN2O2. The van der Waals surface area contributed by atoms with Crippen LogP contribution in [0.25, 0.3) is 11.4 Å². The van der Waals surface area contributed by atoms with E-state index in [1.807, 2.05) is 12.4 Å². The molecule has 0 aliphatic rings. The Hall–Kier alpha value is -1.72. The van der Waals surface area contributed by atoms with Crippen LogP contribution in [-0.4, -0.2) is 27.7 Å². The summed E-state index contributed by atoms with van der Waals surface area (Å²) in [6.07, 6.45) is 3.75. The van der Waals surface area contributed by atoms with Gasteiger partial charge in [-0.05, 0) is 46.2 Å². The van der Waals surface area contributed by atoms with E-state index in [-0.39, 0.29) is 18.5 Å². The van der Waals surface area contributed by atoms with Crippen LogP contribution in [0.2, 0.25) is 0 Å². The summed E-state index contributed by atoms with van der Waals surface area (Å²) < 4.78 is 0. The molecule has 2 N–H and O–H groups in total. The third kappa shape index (κ3) is 5.77. The largest absolute Gasteiger partial charge is 0.482 e. The SMILES string of the molecule is CC(C)(C)c1ccnc(-c2cc(C(C)(C)C)ccn2)c1.O[B]O. The normalized spacial score (nSPS) is 11.5. The lowest BCUT2D eigenvalue weighted by molar-refractivity contribution is 0.448. The van der Waals surface area contributed by atoms with Gasteiger partial charge in [0.2, 0.25) is 0 Å². The van der Waals surface area contributed by atoms with E-state index in [1.165, 1.54) is 11.1 Å². The maximum absolute atomic E-state index is 7.00. The van der Waals surface area contributed by atoms with Gasteiger partial charge < -0.3 is 10.0 Å². The quantitative estimate of drug-likeness (QED) is 0.793. The van der Waals surface area contributed by atoms with Crippen molar-refractivity contribution in [1.82, 2.24) is 9.97 Å². The van der Waals surface area contributed by atoms with Crippen LogP contribution in [0, 0.1) is 0 Å². The highest BCUT2D eigenvalue weighted by Gasteiger charge is 2.17. The van der Waals surface area contributed by atoms with Crippen LogP contribution in [-0.2, 0) is 10.8 Å². The second-order valence-corrected chi connectivity index (χ2v) is 7.47. The Labute approximate surface area is 139 Å². The highest BCUT2D eigenvalue weighted by atomic mass is 16.4. The summed E-state index contributed by atoms with van der Waals surface area (Å²) in [6.45, 7) is 13.3. The van der Waals surface area contributed by atoms with E-state index in [2.05, 4.69) is 75.8 Å². The molecule has 2 rings (SSSR count). The molecular weight excluding hydrogens is 287 g/mol. The zero-order chi connectivity index (χ0) is 17.7. The Morgan fingerprint density at radius 1 is 0.739 bits per heavy atom. The number of hydrogen-bond acceptors (Lipinski definition) is 4. The zero-order valence-electron chi connectivity index (χ0n) is 14.8. The van der Waals surface area contributed by atoms with Crippen LogP contribution < -0.4 is 0 Å². The first kappa shape index (κ1) is 19.3. The Morgan fingerprint density at radius 2 is 1.04 bits per heavy atom. The van der Waals surface area contributed by atoms with E-state index in [1.54, 1.807) is 0 Å². The molecule has 0 aliphatic carbocycles. The second kappa shape index (κ2) is 7.71. The zero-order valence-corrected chi connectivity index (χ0v) is 14.8. The third-order valence-electron chi connectivity index (χ3n) is 3.51. The van der Waals surface area contributed by atoms with E-state index < -0.39 is 0 Å². The minimum absolute atomic E-state index is 0. The van der Waals surface area contributed by atoms with Gasteiger partial charge in [-0.15, -0.1) is 0 Å². The van der Waals surface area contributed by atoms with Gasteiger partial charge in [-0.25, -0.2) is 0 Å². The average molecular weight is 313 g/mol. The fourth-order valence-corrected chi connectivity index (χ4v) is 2.07. The van der Waals surface area contributed by atoms with Crippen molar-refractivity contribution in [2.75, 3.05) is 0 Å². The third-order valence-corrected chi connectivity index (χ3v) is 3.51. The van der Waals surface area contributed by atoms with Gasteiger partial charge in [0.05, 0.1) is 11.4 Å². The number of rotatable bonds is 1. The number of aromatic nitrogens is 2. The standard InChI is InChI=1S/C18H24N2.BH2O2/c1-17(2,3)13-7-9-19-15(11-13)16-12-14(8-10-20-16)18(4,5)6;2-1-3/h7-12H,1-6H3;2-3H. The Bertz CT molecular complexity index is 576. The van der Waals surface area contributed by atoms with Gasteiger partial charge >= 0.3 is 7.69 Å². The summed E-state index contributed by atoms with van der Waals surface area (Å²) >= 11 is 0. The highest BCUT2D eigenvalue weighted by Crippen LogP contribution is 2.28. The van der Waals surface area contributed by atoms with Crippen LogP contribution in [0.1, 0.15) is 52.7 Å². The average Bonchev–Trinajstić information content (AvgIpc) is 2.47. The van der Waals surface area contributed by atoms with Crippen LogP contribution >= 0.6 is 0 Å². The fourth-order valence-electron chi connectivity index (χ4n) is 2.07. The van der Waals surface area contributed by atoms with E-state index in [9.17, 15) is 0 Å². The molecule has 0 bridgehead atoms. The van der Waals surface area contributed by atoms with Crippen LogP contribution in [0.4, 0.5) is 0 Å². The fraction of sp³-hybridized carbons (Fsp3) is 0.444. The van der Waals surface area contributed by atoms with Gasteiger partial charge in [0.15, 0.2) is 0 Å². The molecule has 0 saturated heterocycles. The Morgan fingerprint density at radius 3 is 1.30 bits per heavy atom. The molecule has 4 nitrogen and oxygen atoms in total. The highest BCUT2D eigenvalue weighted by molar-refractivity contribution is 6.13. The van der Waals surface area contributed by atoms with Crippen molar-refractivity contribution in [1.29, 1.82) is 0 Å². The van der Waals surface area contributed by atoms with E-state index in [4.69, 9.17) is 10.0 Å². The molecule has 2 heterocycles. The van der Waals surface area contributed by atoms with Gasteiger partial charge in [-0.1, -0.05) is 41.5 Å². The summed E-state index contributed by atoms with van der Waals surface area (Å²) in [5.41, 5.74) is 4.71. The number of pyridine rings is 2. The van der Waals surface area contributed by atoms with Gasteiger partial charge in [0.25, 0.3) is 0 Å². The lowest BCUT2D eigenvalue weighted by Gasteiger charge is -2.21. The molecule has 2 aromatic heterocycles. The summed E-state index contributed by atoms with van der Waals surface area (Å²) in [4.78, 5) is 8.97. The van der Waals surface area contributed by atoms with Crippen molar-refractivity contribution in [3.05, 3.63) is 47.8 Å². The molecule has 0 spiro atoms. The van der Waals surface area contributed by atoms with Crippen LogP contribution in [0.15, 0.2) is 36.7 Å². The van der Waals surface area contributed by atoms with Crippen LogP contribution in [0.5, 0.6) is 0 Å². The second-order valence-electron chi connectivity index (χ2n) is 7.47. The first-order chi connectivity index (χ1) is 10.6. The van der Waals surface area contributed by atoms with Crippen molar-refractivity contribution >= 4 is 7.69 Å². The predicted octanol–water partition coefficient (Wildman–Crippen LogP) is 3.24. The van der Waals surface area contributed by atoms with Crippen molar-refractivity contribution in [2.45, 2.75) is 52.4 Å². The molecule has 5 heteroatoms. The molecule has 0 aromatic carbocycles. The molecule has 0 atom stereocenters. The molecule has 23 heavy (non-hydrogen) atoms. The van der Waals surface area contributed by atoms with Gasteiger partial charge in [0, 0.05) is 12.4 Å². The van der Waals surface area contributed by atoms with Crippen molar-refractivity contribution < 1.29 is 10.0 Å². The molecule has 0 saturated carbocycles. The lowest BCUT2D eigenvalue weighted by atomic mass is 9.86. The minimum atomic E-state index is 0. The molecule has 1 radical (unpaired) electrons. The Balaban J connectivity index is 0.000000816. The monoisotopic (exact) mass is 313 g/mol. The summed E-state index contributed by atoms with van der Waals surface area (Å²) in [5.74, 6) is 0. The molecule has 0 unspecified atom stereocenters. The maximum Gasteiger partial charge on any atom is 0.482 e. The van der Waals surface area contributed by atoms with E-state index >= 15 is 0 Å². The van der Waals surface area contributed by atoms with Crippen molar-refractivity contribution in [3.63, 3.8) is 0 Å². The van der Waals surface area contributed by atoms with Gasteiger partial charge in [-0.3, -0.25) is 9.97 Å². The topological polar surface area (TPSA) is 66.2 Å². The van der Waals surface area contributed by atoms with Crippen molar-refractivity contribution in [3.8, 4) is 11.4 Å². The summed E-state index contributed by atoms with van der Waals surface area (Å²) in [6, 6.07) is 8.46. The van der Waals surface area contributed by atoms with E-state index in [0.29, 0.717) is 0 Å². The molecule has 0 fully saturated rings. The number of hydrogen-bond donors (Lipinski definition) is 2. The first-order valence-electron chi connectivity index (χ1n) is 7.63. The maximum atomic E-state index is 7.00. The minimum Gasteiger partial charge on any atom is -0.429 e. The Kier molecular flexibility index (Phi) is 6.48.